The van der Waals surface area contributed by atoms with E-state index < -0.39 is 11.9 Å². The number of rotatable bonds is 4. The van der Waals surface area contributed by atoms with Crippen molar-refractivity contribution in [2.45, 2.75) is 51.7 Å². The van der Waals surface area contributed by atoms with Crippen molar-refractivity contribution in [3.8, 4) is 0 Å². The summed E-state index contributed by atoms with van der Waals surface area (Å²) in [5, 5.41) is 9.26. The first-order valence-corrected chi connectivity index (χ1v) is 5.82. The maximum Gasteiger partial charge on any atom is 0.306 e. The highest BCUT2D eigenvalue weighted by molar-refractivity contribution is 5.70. The van der Waals surface area contributed by atoms with Crippen molar-refractivity contribution in [3.63, 3.8) is 0 Å². The molecule has 0 amide bonds. The van der Waals surface area contributed by atoms with Crippen LogP contribution < -0.4 is 5.73 Å². The summed E-state index contributed by atoms with van der Waals surface area (Å²) >= 11 is 0. The van der Waals surface area contributed by atoms with Crippen molar-refractivity contribution in [2.24, 2.45) is 17.6 Å². The Kier molecular flexibility index (Phi) is 3.65. The third-order valence-corrected chi connectivity index (χ3v) is 3.42. The van der Waals surface area contributed by atoms with Crippen LogP contribution in [0.5, 0.6) is 0 Å². The summed E-state index contributed by atoms with van der Waals surface area (Å²) in [4.78, 5) is 11.3. The van der Waals surface area contributed by atoms with Crippen molar-refractivity contribution < 1.29 is 14.6 Å². The number of hydrogen-bond donors (Lipinski definition) is 2. The van der Waals surface area contributed by atoms with E-state index in [9.17, 15) is 9.90 Å². The quantitative estimate of drug-likeness (QED) is 0.768. The van der Waals surface area contributed by atoms with Crippen LogP contribution in [0.3, 0.4) is 0 Å². The summed E-state index contributed by atoms with van der Waals surface area (Å²) in [7, 11) is 0. The second-order valence-corrected chi connectivity index (χ2v) is 5.80. The van der Waals surface area contributed by atoms with Crippen LogP contribution in [0, 0.1) is 11.8 Å². The minimum atomic E-state index is -0.759. The molecule has 94 valence electrons. The van der Waals surface area contributed by atoms with Crippen LogP contribution in [0.4, 0.5) is 0 Å². The Morgan fingerprint density at radius 3 is 2.38 bits per heavy atom. The van der Waals surface area contributed by atoms with Gasteiger partial charge in [0.25, 0.3) is 0 Å². The smallest absolute Gasteiger partial charge is 0.306 e. The Hall–Kier alpha value is -0.610. The van der Waals surface area contributed by atoms with Crippen LogP contribution >= 0.6 is 0 Å². The van der Waals surface area contributed by atoms with Gasteiger partial charge < -0.3 is 15.6 Å². The highest BCUT2D eigenvalue weighted by atomic mass is 16.5. The largest absolute Gasteiger partial charge is 0.481 e. The van der Waals surface area contributed by atoms with Crippen LogP contribution in [0.2, 0.25) is 0 Å². The topological polar surface area (TPSA) is 72.6 Å². The fourth-order valence-corrected chi connectivity index (χ4v) is 2.91. The zero-order valence-corrected chi connectivity index (χ0v) is 10.6. The van der Waals surface area contributed by atoms with Gasteiger partial charge in [0.1, 0.15) is 0 Å². The zero-order valence-electron chi connectivity index (χ0n) is 10.6. The molecular weight excluding hydrogens is 206 g/mol. The standard InChI is InChI=1S/C12H23NO3/c1-11(2)7-9(12(3,4)16-11)8(5-6-13)10(14)15/h8-9H,5-7,13H2,1-4H3,(H,14,15). The van der Waals surface area contributed by atoms with Crippen LogP contribution in [-0.2, 0) is 9.53 Å². The minimum absolute atomic E-state index is 0.0311. The average molecular weight is 229 g/mol. The molecular formula is C12H23NO3. The second-order valence-electron chi connectivity index (χ2n) is 5.80. The van der Waals surface area contributed by atoms with Crippen LogP contribution in [-0.4, -0.2) is 28.8 Å². The Labute approximate surface area is 97.2 Å². The van der Waals surface area contributed by atoms with Gasteiger partial charge >= 0.3 is 5.97 Å². The van der Waals surface area contributed by atoms with Crippen LogP contribution in [0.15, 0.2) is 0 Å². The number of aliphatic carboxylic acids is 1. The lowest BCUT2D eigenvalue weighted by molar-refractivity contribution is -0.147. The van der Waals surface area contributed by atoms with E-state index in [2.05, 4.69) is 0 Å². The number of hydrogen-bond acceptors (Lipinski definition) is 3. The van der Waals surface area contributed by atoms with Crippen molar-refractivity contribution in [2.75, 3.05) is 6.54 Å². The Bertz CT molecular complexity index is 273. The zero-order chi connectivity index (χ0) is 12.6. The molecule has 0 aromatic carbocycles. The van der Waals surface area contributed by atoms with Crippen molar-refractivity contribution in [3.05, 3.63) is 0 Å². The number of ether oxygens (including phenoxy) is 1. The Morgan fingerprint density at radius 1 is 1.50 bits per heavy atom. The molecule has 16 heavy (non-hydrogen) atoms. The van der Waals surface area contributed by atoms with Gasteiger partial charge in [-0.05, 0) is 47.1 Å². The van der Waals surface area contributed by atoms with Gasteiger partial charge in [-0.15, -0.1) is 0 Å². The number of carboxylic acid groups (broad SMARTS) is 1. The van der Waals surface area contributed by atoms with Gasteiger partial charge in [0, 0.05) is 5.92 Å². The van der Waals surface area contributed by atoms with Crippen molar-refractivity contribution >= 4 is 5.97 Å². The van der Waals surface area contributed by atoms with Gasteiger partial charge in [-0.25, -0.2) is 0 Å². The highest BCUT2D eigenvalue weighted by Crippen LogP contribution is 2.46. The third-order valence-electron chi connectivity index (χ3n) is 3.42. The van der Waals surface area contributed by atoms with Crippen molar-refractivity contribution in [1.82, 2.24) is 0 Å². The average Bonchev–Trinajstić information content (AvgIpc) is 2.29. The van der Waals surface area contributed by atoms with Crippen molar-refractivity contribution in [1.29, 1.82) is 0 Å². The third kappa shape index (κ3) is 2.74. The maximum atomic E-state index is 11.3. The molecule has 4 nitrogen and oxygen atoms in total. The first-order chi connectivity index (χ1) is 7.19. The van der Waals surface area contributed by atoms with E-state index >= 15 is 0 Å². The normalized spacial score (nSPS) is 28.9. The molecule has 2 atom stereocenters. The molecule has 1 aliphatic rings. The van der Waals surface area contributed by atoms with Gasteiger partial charge in [-0.3, -0.25) is 4.79 Å². The lowest BCUT2D eigenvalue weighted by Gasteiger charge is -2.30. The lowest BCUT2D eigenvalue weighted by atomic mass is 9.76. The van der Waals surface area contributed by atoms with Crippen LogP contribution in [0.1, 0.15) is 40.5 Å². The summed E-state index contributed by atoms with van der Waals surface area (Å²) in [6.45, 7) is 8.37. The van der Waals surface area contributed by atoms with E-state index in [1.807, 2.05) is 27.7 Å². The van der Waals surface area contributed by atoms with E-state index in [0.29, 0.717) is 13.0 Å². The molecule has 0 spiro atoms. The Balaban J connectivity index is 2.89. The molecule has 0 radical (unpaired) electrons. The first-order valence-electron chi connectivity index (χ1n) is 5.82. The fourth-order valence-electron chi connectivity index (χ4n) is 2.91. The van der Waals surface area contributed by atoms with Gasteiger partial charge in [-0.2, -0.15) is 0 Å². The van der Waals surface area contributed by atoms with E-state index in [4.69, 9.17) is 10.5 Å². The first kappa shape index (κ1) is 13.5. The molecule has 0 aliphatic carbocycles. The van der Waals surface area contributed by atoms with E-state index in [-0.39, 0.29) is 17.1 Å². The predicted molar refractivity (Wildman–Crippen MR) is 62.1 cm³/mol. The summed E-state index contributed by atoms with van der Waals surface area (Å²) in [6, 6.07) is 0. The van der Waals surface area contributed by atoms with Gasteiger partial charge in [0.2, 0.25) is 0 Å². The summed E-state index contributed by atoms with van der Waals surface area (Å²) in [5.74, 6) is -1.13. The Morgan fingerprint density at radius 2 is 2.06 bits per heavy atom. The summed E-state index contributed by atoms with van der Waals surface area (Å²) in [6.07, 6.45) is 1.29. The molecule has 0 saturated carbocycles. The molecule has 1 heterocycles. The molecule has 1 aliphatic heterocycles. The number of carbonyl (C=O) groups is 1. The number of nitrogens with two attached hydrogens (primary N) is 1. The number of carboxylic acids is 1. The highest BCUT2D eigenvalue weighted by Gasteiger charge is 2.50. The van der Waals surface area contributed by atoms with E-state index in [0.717, 1.165) is 6.42 Å². The molecule has 1 fully saturated rings. The molecule has 1 rings (SSSR count). The summed E-state index contributed by atoms with van der Waals surface area (Å²) < 4.78 is 5.92. The van der Waals surface area contributed by atoms with Crippen LogP contribution in [0.25, 0.3) is 0 Å². The van der Waals surface area contributed by atoms with E-state index in [1.54, 1.807) is 0 Å². The molecule has 2 unspecified atom stereocenters. The molecule has 0 bridgehead atoms. The molecule has 0 aromatic heterocycles. The summed E-state index contributed by atoms with van der Waals surface area (Å²) in [5.41, 5.74) is 4.86. The predicted octanol–water partition coefficient (Wildman–Crippen LogP) is 1.63. The van der Waals surface area contributed by atoms with Gasteiger partial charge in [0.15, 0.2) is 0 Å². The second kappa shape index (κ2) is 4.34. The van der Waals surface area contributed by atoms with E-state index in [1.165, 1.54) is 0 Å². The van der Waals surface area contributed by atoms with Gasteiger partial charge in [-0.1, -0.05) is 0 Å². The molecule has 4 heteroatoms. The molecule has 0 aromatic rings. The lowest BCUT2D eigenvalue weighted by Crippen LogP contribution is -2.37. The monoisotopic (exact) mass is 229 g/mol. The molecule has 1 saturated heterocycles. The van der Waals surface area contributed by atoms with Gasteiger partial charge in [0.05, 0.1) is 17.1 Å². The maximum absolute atomic E-state index is 11.3. The fraction of sp³-hybridized carbons (Fsp3) is 0.917. The SMILES string of the molecule is CC1(C)CC(C(CCN)C(=O)O)C(C)(C)O1. The minimum Gasteiger partial charge on any atom is -0.481 e. The molecule has 3 N–H and O–H groups in total.